The number of nitrogens with zero attached hydrogens (tertiary/aromatic N) is 1. The molecule has 0 heterocycles. The molecule has 0 spiro atoms. The van der Waals surface area contributed by atoms with Gasteiger partial charge in [-0.3, -0.25) is 0 Å². The number of nitriles is 1. The number of hydrogen-bond donors (Lipinski definition) is 0. The highest BCUT2D eigenvalue weighted by Crippen LogP contribution is 2.26. The van der Waals surface area contributed by atoms with Crippen molar-refractivity contribution >= 4 is 0 Å². The third kappa shape index (κ3) is 4.46. The first-order valence-corrected chi connectivity index (χ1v) is 7.35. The van der Waals surface area contributed by atoms with E-state index in [1.807, 2.05) is 61.5 Å². The maximum atomic E-state index is 8.93. The average Bonchev–Trinajstić information content (AvgIpc) is 2.58. The smallest absolute Gasteiger partial charge is 0.119 e. The van der Waals surface area contributed by atoms with Crippen LogP contribution in [0.25, 0.3) is 11.1 Å². The molecule has 114 valence electrons. The molecule has 2 rings (SSSR count). The molecular formula is C21H19NO. The second kappa shape index (κ2) is 7.82. The molecule has 0 saturated heterocycles. The predicted molar refractivity (Wildman–Crippen MR) is 95.3 cm³/mol. The molecule has 0 bridgehead atoms. The van der Waals surface area contributed by atoms with Crippen LogP contribution in [0.5, 0.6) is 5.75 Å². The summed E-state index contributed by atoms with van der Waals surface area (Å²) in [7, 11) is 0. The number of hydrogen-bond acceptors (Lipinski definition) is 2. The zero-order chi connectivity index (χ0) is 16.7. The molecule has 0 saturated carbocycles. The van der Waals surface area contributed by atoms with Gasteiger partial charge in [0.1, 0.15) is 12.4 Å². The molecule has 0 radical (unpaired) electrons. The second-order valence-corrected chi connectivity index (χ2v) is 5.21. The van der Waals surface area contributed by atoms with Gasteiger partial charge in [-0.05, 0) is 53.5 Å². The van der Waals surface area contributed by atoms with Gasteiger partial charge in [0, 0.05) is 0 Å². The lowest BCUT2D eigenvalue weighted by atomic mass is 9.99. The van der Waals surface area contributed by atoms with Crippen LogP contribution in [-0.2, 0) is 0 Å². The average molecular weight is 301 g/mol. The number of rotatable bonds is 6. The van der Waals surface area contributed by atoms with Gasteiger partial charge in [0.15, 0.2) is 0 Å². The van der Waals surface area contributed by atoms with Crippen LogP contribution in [0.4, 0.5) is 0 Å². The topological polar surface area (TPSA) is 33.0 Å². The monoisotopic (exact) mass is 301 g/mol. The van der Waals surface area contributed by atoms with Crippen molar-refractivity contribution in [2.24, 2.45) is 0 Å². The Morgan fingerprint density at radius 1 is 1.22 bits per heavy atom. The minimum absolute atomic E-state index is 0.444. The molecule has 2 heteroatoms. The van der Waals surface area contributed by atoms with Crippen LogP contribution >= 0.6 is 0 Å². The first kappa shape index (κ1) is 16.3. The third-order valence-corrected chi connectivity index (χ3v) is 3.41. The van der Waals surface area contributed by atoms with E-state index in [2.05, 4.69) is 19.2 Å². The first-order valence-electron chi connectivity index (χ1n) is 7.35. The van der Waals surface area contributed by atoms with Crippen LogP contribution in [0.15, 0.2) is 79.4 Å². The lowest BCUT2D eigenvalue weighted by molar-refractivity contribution is 0.356. The van der Waals surface area contributed by atoms with E-state index in [1.165, 1.54) is 0 Å². The summed E-state index contributed by atoms with van der Waals surface area (Å²) in [6.07, 6.45) is 5.42. The van der Waals surface area contributed by atoms with Gasteiger partial charge in [0.25, 0.3) is 0 Å². The van der Waals surface area contributed by atoms with Crippen LogP contribution in [-0.4, -0.2) is 6.61 Å². The molecule has 0 unspecified atom stereocenters. The summed E-state index contributed by atoms with van der Waals surface area (Å²) in [5.74, 6) is 0.799. The summed E-state index contributed by atoms with van der Waals surface area (Å²) in [5.41, 5.74) is 4.87. The zero-order valence-corrected chi connectivity index (χ0v) is 13.3. The fraction of sp³-hybridized carbons (Fsp3) is 0.0952. The van der Waals surface area contributed by atoms with Gasteiger partial charge in [-0.15, -0.1) is 0 Å². The van der Waals surface area contributed by atoms with Crippen molar-refractivity contribution in [2.75, 3.05) is 6.61 Å². The lowest BCUT2D eigenvalue weighted by Gasteiger charge is -2.09. The van der Waals surface area contributed by atoms with E-state index in [0.29, 0.717) is 12.2 Å². The quantitative estimate of drug-likeness (QED) is 0.686. The summed E-state index contributed by atoms with van der Waals surface area (Å²) >= 11 is 0. The molecule has 23 heavy (non-hydrogen) atoms. The van der Waals surface area contributed by atoms with Crippen LogP contribution in [0, 0.1) is 18.3 Å². The van der Waals surface area contributed by atoms with E-state index in [-0.39, 0.29) is 0 Å². The summed E-state index contributed by atoms with van der Waals surface area (Å²) < 4.78 is 5.69. The van der Waals surface area contributed by atoms with Crippen molar-refractivity contribution in [3.63, 3.8) is 0 Å². The van der Waals surface area contributed by atoms with Crippen molar-refractivity contribution < 1.29 is 4.74 Å². The number of ether oxygens (including phenoxy) is 1. The largest absolute Gasteiger partial charge is 0.489 e. The summed E-state index contributed by atoms with van der Waals surface area (Å²) in [5, 5.41) is 8.93. The molecule has 2 aromatic carbocycles. The first-order chi connectivity index (χ1) is 11.1. The van der Waals surface area contributed by atoms with Crippen LogP contribution in [0.2, 0.25) is 0 Å². The molecule has 0 aromatic heterocycles. The fourth-order valence-corrected chi connectivity index (χ4v) is 2.22. The molecule has 2 nitrogen and oxygen atoms in total. The van der Waals surface area contributed by atoms with Crippen LogP contribution in [0.3, 0.4) is 0 Å². The van der Waals surface area contributed by atoms with E-state index in [1.54, 1.807) is 6.08 Å². The van der Waals surface area contributed by atoms with Crippen molar-refractivity contribution in [3.8, 4) is 22.9 Å². The zero-order valence-electron chi connectivity index (χ0n) is 13.3. The van der Waals surface area contributed by atoms with Gasteiger partial charge in [-0.1, -0.05) is 49.6 Å². The van der Waals surface area contributed by atoms with E-state index >= 15 is 0 Å². The predicted octanol–water partition coefficient (Wildman–Crippen LogP) is 5.21. The van der Waals surface area contributed by atoms with Gasteiger partial charge in [-0.2, -0.15) is 5.26 Å². The Bertz CT molecular complexity index is 776. The molecule has 0 N–H and O–H groups in total. The number of aryl methyl sites for hydroxylation is 1. The maximum Gasteiger partial charge on any atom is 0.119 e. The summed E-state index contributed by atoms with van der Waals surface area (Å²) in [6.45, 7) is 9.99. The van der Waals surface area contributed by atoms with Gasteiger partial charge in [0.05, 0.1) is 11.6 Å². The Balaban J connectivity index is 2.08. The Hall–Kier alpha value is -3.05. The van der Waals surface area contributed by atoms with E-state index in [9.17, 15) is 0 Å². The molecule has 0 fully saturated rings. The Labute approximate surface area is 137 Å². The van der Waals surface area contributed by atoms with Crippen molar-refractivity contribution in [1.82, 2.24) is 0 Å². The highest BCUT2D eigenvalue weighted by Gasteiger charge is 2.04. The normalized spacial score (nSPS) is 10.3. The number of benzene rings is 2. The molecule has 0 aliphatic carbocycles. The third-order valence-electron chi connectivity index (χ3n) is 3.41. The Kier molecular flexibility index (Phi) is 5.55. The molecule has 0 aliphatic heterocycles. The maximum absolute atomic E-state index is 8.93. The van der Waals surface area contributed by atoms with Crippen molar-refractivity contribution in [1.29, 1.82) is 5.26 Å². The van der Waals surface area contributed by atoms with Gasteiger partial charge < -0.3 is 4.74 Å². The number of allylic oxidation sites excluding steroid dienone is 2. The van der Waals surface area contributed by atoms with E-state index < -0.39 is 0 Å². The van der Waals surface area contributed by atoms with E-state index in [0.717, 1.165) is 28.0 Å². The molecule has 2 aromatic rings. The lowest BCUT2D eigenvalue weighted by Crippen LogP contribution is -1.98. The molecule has 0 amide bonds. The second-order valence-electron chi connectivity index (χ2n) is 5.21. The minimum Gasteiger partial charge on any atom is -0.489 e. The van der Waals surface area contributed by atoms with Gasteiger partial charge >= 0.3 is 0 Å². The van der Waals surface area contributed by atoms with Crippen LogP contribution in [0.1, 0.15) is 11.1 Å². The van der Waals surface area contributed by atoms with Gasteiger partial charge in [-0.25, -0.2) is 0 Å². The standard InChI is InChI=1S/C21H19NO/c1-4-5-6-16(2)15-23-20-10-8-19(9-11-20)21-12-7-18(14-22)13-17(21)3/h4-13H,1-2,15H2,3H3. The summed E-state index contributed by atoms with van der Waals surface area (Å²) in [4.78, 5) is 0. The highest BCUT2D eigenvalue weighted by atomic mass is 16.5. The van der Waals surface area contributed by atoms with Crippen LogP contribution < -0.4 is 4.74 Å². The van der Waals surface area contributed by atoms with Crippen molar-refractivity contribution in [3.05, 3.63) is 90.6 Å². The summed E-state index contributed by atoms with van der Waals surface area (Å²) in [6, 6.07) is 15.8. The Morgan fingerprint density at radius 3 is 2.57 bits per heavy atom. The highest BCUT2D eigenvalue weighted by molar-refractivity contribution is 5.68. The van der Waals surface area contributed by atoms with E-state index in [4.69, 9.17) is 10.00 Å². The van der Waals surface area contributed by atoms with Gasteiger partial charge in [0.2, 0.25) is 0 Å². The Morgan fingerprint density at radius 2 is 1.96 bits per heavy atom. The molecular weight excluding hydrogens is 282 g/mol. The fourth-order valence-electron chi connectivity index (χ4n) is 2.22. The molecule has 0 aliphatic rings. The molecule has 0 atom stereocenters. The minimum atomic E-state index is 0.444. The SMILES string of the molecule is C=CC=CC(=C)COc1ccc(-c2ccc(C#N)cc2C)cc1. The van der Waals surface area contributed by atoms with Crippen molar-refractivity contribution in [2.45, 2.75) is 6.92 Å².